The number of carbonyl (C=O) groups excluding carboxylic acids is 2. The number of carbonyl (C=O) groups is 2. The van der Waals surface area contributed by atoms with Crippen molar-refractivity contribution in [2.75, 3.05) is 14.2 Å². The summed E-state index contributed by atoms with van der Waals surface area (Å²) in [6, 6.07) is 21.6. The molecule has 7 heteroatoms. The number of nitrogens with zero attached hydrogens (tertiary/aromatic N) is 2. The Kier molecular flexibility index (Phi) is 4.83. The topological polar surface area (TPSA) is 62.5 Å². The summed E-state index contributed by atoms with van der Waals surface area (Å²) in [5, 5.41) is 2.01. The Morgan fingerprint density at radius 2 is 1.50 bits per heavy atom. The Morgan fingerprint density at radius 3 is 2.22 bits per heavy atom. The molecule has 0 saturated heterocycles. The maximum atomic E-state index is 12.7. The molecule has 2 aromatic carbocycles. The Labute approximate surface area is 188 Å². The second-order valence-corrected chi connectivity index (χ2v) is 8.46. The number of benzene rings is 2. The molecule has 3 heterocycles. The van der Waals surface area contributed by atoms with Crippen molar-refractivity contribution >= 4 is 44.3 Å². The minimum Gasteiger partial charge on any atom is -0.465 e. The molecule has 0 spiro atoms. The van der Waals surface area contributed by atoms with Crippen molar-refractivity contribution in [3.63, 3.8) is 0 Å². The van der Waals surface area contributed by atoms with Gasteiger partial charge in [-0.1, -0.05) is 36.4 Å². The lowest BCUT2D eigenvalue weighted by Gasteiger charge is -2.17. The fraction of sp³-hybridized carbons (Fsp3) is 0.120. The second-order valence-electron chi connectivity index (χ2n) is 7.37. The maximum Gasteiger partial charge on any atom is 0.356 e. The fourth-order valence-corrected chi connectivity index (χ4v) is 5.13. The molecule has 5 rings (SSSR count). The van der Waals surface area contributed by atoms with Gasteiger partial charge < -0.3 is 9.47 Å². The summed E-state index contributed by atoms with van der Waals surface area (Å²) in [5.74, 6) is -0.893. The van der Waals surface area contributed by atoms with Crippen molar-refractivity contribution in [2.45, 2.75) is 6.92 Å². The first-order chi connectivity index (χ1) is 15.5. The highest BCUT2D eigenvalue weighted by atomic mass is 32.1. The van der Waals surface area contributed by atoms with Gasteiger partial charge in [0.1, 0.15) is 5.69 Å². The summed E-state index contributed by atoms with van der Waals surface area (Å²) in [5.41, 5.74) is 3.08. The summed E-state index contributed by atoms with van der Waals surface area (Å²) < 4.78 is 14.9. The number of esters is 2. The number of para-hydroxylation sites is 1. The first-order valence-electron chi connectivity index (χ1n) is 10.0. The van der Waals surface area contributed by atoms with Crippen molar-refractivity contribution in [2.24, 2.45) is 0 Å². The Hall–Kier alpha value is -3.84. The van der Waals surface area contributed by atoms with E-state index in [0.29, 0.717) is 17.0 Å². The van der Waals surface area contributed by atoms with E-state index in [2.05, 4.69) is 18.2 Å². The zero-order valence-corrected chi connectivity index (χ0v) is 18.6. The summed E-state index contributed by atoms with van der Waals surface area (Å²) in [6.07, 6.45) is 0. The van der Waals surface area contributed by atoms with Gasteiger partial charge in [-0.2, -0.15) is 0 Å². The lowest BCUT2D eigenvalue weighted by Crippen LogP contribution is -2.19. The molecule has 0 N–H and O–H groups in total. The number of ether oxygens (including phenoxy) is 2. The van der Waals surface area contributed by atoms with Gasteiger partial charge in [0.2, 0.25) is 0 Å². The van der Waals surface area contributed by atoms with Crippen molar-refractivity contribution in [1.29, 1.82) is 0 Å². The Balaban J connectivity index is 1.88. The van der Waals surface area contributed by atoms with E-state index in [1.165, 1.54) is 14.2 Å². The van der Waals surface area contributed by atoms with Crippen LogP contribution in [0.2, 0.25) is 0 Å². The van der Waals surface area contributed by atoms with Crippen LogP contribution in [0.5, 0.6) is 0 Å². The zero-order chi connectivity index (χ0) is 22.4. The monoisotopic (exact) mass is 444 g/mol. The van der Waals surface area contributed by atoms with Crippen molar-refractivity contribution in [3.8, 4) is 10.6 Å². The van der Waals surface area contributed by atoms with Gasteiger partial charge in [0.15, 0.2) is 0 Å². The molecule has 32 heavy (non-hydrogen) atoms. The number of aromatic nitrogens is 2. The molecule has 160 valence electrons. The van der Waals surface area contributed by atoms with Gasteiger partial charge in [-0.05, 0) is 42.6 Å². The van der Waals surface area contributed by atoms with E-state index in [-0.39, 0.29) is 0 Å². The van der Waals surface area contributed by atoms with Gasteiger partial charge in [-0.15, -0.1) is 11.3 Å². The quantitative estimate of drug-likeness (QED) is 0.343. The second kappa shape index (κ2) is 7.69. The van der Waals surface area contributed by atoms with Crippen LogP contribution in [0, 0.1) is 6.92 Å². The average Bonchev–Trinajstić information content (AvgIpc) is 3.50. The van der Waals surface area contributed by atoms with Gasteiger partial charge >= 0.3 is 11.9 Å². The fourth-order valence-electron chi connectivity index (χ4n) is 4.06. The predicted molar refractivity (Wildman–Crippen MR) is 125 cm³/mol. The summed E-state index contributed by atoms with van der Waals surface area (Å²) in [7, 11) is 2.72. The van der Waals surface area contributed by atoms with Crippen LogP contribution in [0.15, 0.2) is 66.7 Å². The van der Waals surface area contributed by atoms with E-state index < -0.39 is 11.9 Å². The molecule has 0 fully saturated rings. The molecule has 0 amide bonds. The summed E-state index contributed by atoms with van der Waals surface area (Å²) in [6.45, 7) is 1.85. The normalized spacial score (nSPS) is 11.2. The highest BCUT2D eigenvalue weighted by Crippen LogP contribution is 2.37. The molecule has 0 aliphatic rings. The van der Waals surface area contributed by atoms with Crippen molar-refractivity contribution < 1.29 is 19.1 Å². The minimum atomic E-state index is -0.462. The van der Waals surface area contributed by atoms with E-state index in [4.69, 9.17) is 9.47 Å². The maximum absolute atomic E-state index is 12.7. The van der Waals surface area contributed by atoms with E-state index in [1.807, 2.05) is 58.7 Å². The van der Waals surface area contributed by atoms with E-state index in [9.17, 15) is 9.59 Å². The number of hydrogen-bond donors (Lipinski definition) is 0. The average molecular weight is 445 g/mol. The largest absolute Gasteiger partial charge is 0.465 e. The summed E-state index contributed by atoms with van der Waals surface area (Å²) in [4.78, 5) is 26.3. The number of rotatable bonds is 4. The van der Waals surface area contributed by atoms with Crippen LogP contribution in [-0.2, 0) is 9.47 Å². The van der Waals surface area contributed by atoms with E-state index in [0.717, 1.165) is 31.6 Å². The molecule has 0 unspecified atom stereocenters. The third kappa shape index (κ3) is 3.01. The first-order valence-corrected chi connectivity index (χ1v) is 10.8. The van der Waals surface area contributed by atoms with Gasteiger partial charge in [-0.3, -0.25) is 4.68 Å². The standard InChI is InChI=1S/C25H20N2O4S/c1-15-18(24(28)30-2)14-20(23-13-17-9-5-7-11-22(17)32-23)26(15)27-19-10-6-4-8-16(19)12-21(27)25(29)31-3/h4-14H,1-3H3. The van der Waals surface area contributed by atoms with Crippen LogP contribution in [0.4, 0.5) is 0 Å². The number of methoxy groups -OCH3 is 2. The van der Waals surface area contributed by atoms with Crippen LogP contribution in [0.3, 0.4) is 0 Å². The minimum absolute atomic E-state index is 0.367. The first kappa shape index (κ1) is 20.1. The smallest absolute Gasteiger partial charge is 0.356 e. The molecule has 0 aliphatic carbocycles. The molecule has 0 saturated carbocycles. The van der Waals surface area contributed by atoms with Gasteiger partial charge in [0, 0.05) is 10.1 Å². The molecule has 6 nitrogen and oxygen atoms in total. The number of thiophene rings is 1. The molecule has 0 bridgehead atoms. The molecule has 0 radical (unpaired) electrons. The lowest BCUT2D eigenvalue weighted by molar-refractivity contribution is 0.0585. The molecular weight excluding hydrogens is 424 g/mol. The lowest BCUT2D eigenvalue weighted by atomic mass is 10.2. The van der Waals surface area contributed by atoms with Gasteiger partial charge in [-0.25, -0.2) is 14.3 Å². The SMILES string of the molecule is COC(=O)c1cc(-c2cc3ccccc3s2)n(-n2c(C(=O)OC)cc3ccccc32)c1C. The summed E-state index contributed by atoms with van der Waals surface area (Å²) >= 11 is 1.63. The molecule has 3 aromatic heterocycles. The zero-order valence-electron chi connectivity index (χ0n) is 17.8. The van der Waals surface area contributed by atoms with Crippen LogP contribution < -0.4 is 0 Å². The van der Waals surface area contributed by atoms with Crippen LogP contribution in [0.25, 0.3) is 31.6 Å². The number of fused-ring (bicyclic) bond motifs is 2. The van der Waals surface area contributed by atoms with Crippen molar-refractivity contribution in [1.82, 2.24) is 9.35 Å². The molecule has 0 aliphatic heterocycles. The van der Waals surface area contributed by atoms with E-state index >= 15 is 0 Å². The predicted octanol–water partition coefficient (Wildman–Crippen LogP) is 5.52. The van der Waals surface area contributed by atoms with Crippen LogP contribution in [0.1, 0.15) is 26.5 Å². The third-order valence-electron chi connectivity index (χ3n) is 5.58. The van der Waals surface area contributed by atoms with Crippen molar-refractivity contribution in [3.05, 3.63) is 83.7 Å². The third-order valence-corrected chi connectivity index (χ3v) is 6.72. The Morgan fingerprint density at radius 1 is 0.812 bits per heavy atom. The highest BCUT2D eigenvalue weighted by molar-refractivity contribution is 7.22. The highest BCUT2D eigenvalue weighted by Gasteiger charge is 2.25. The van der Waals surface area contributed by atoms with Crippen LogP contribution >= 0.6 is 11.3 Å². The molecule has 0 atom stereocenters. The van der Waals surface area contributed by atoms with Gasteiger partial charge in [0.05, 0.1) is 41.6 Å². The van der Waals surface area contributed by atoms with Gasteiger partial charge in [0.25, 0.3) is 0 Å². The molecular formula is C25H20N2O4S. The van der Waals surface area contributed by atoms with E-state index in [1.54, 1.807) is 17.4 Å². The Bertz CT molecular complexity index is 1470. The number of hydrogen-bond acceptors (Lipinski definition) is 5. The van der Waals surface area contributed by atoms with Crippen LogP contribution in [-0.4, -0.2) is 35.5 Å². The molecule has 5 aromatic rings.